The quantitative estimate of drug-likeness (QED) is 0.600. The Morgan fingerprint density at radius 1 is 1.29 bits per heavy atom. The summed E-state index contributed by atoms with van der Waals surface area (Å²) < 4.78 is 6.42. The van der Waals surface area contributed by atoms with Gasteiger partial charge in [0.15, 0.2) is 0 Å². The third-order valence-corrected chi connectivity index (χ3v) is 6.48. The lowest BCUT2D eigenvalue weighted by Gasteiger charge is -2.42. The molecule has 146 valence electrons. The van der Waals surface area contributed by atoms with Crippen LogP contribution in [0.5, 0.6) is 0 Å². The highest BCUT2D eigenvalue weighted by molar-refractivity contribution is 9.10. The van der Waals surface area contributed by atoms with Gasteiger partial charge in [-0.15, -0.1) is 0 Å². The van der Waals surface area contributed by atoms with E-state index in [4.69, 9.17) is 4.74 Å². The van der Waals surface area contributed by atoms with E-state index in [1.807, 2.05) is 30.3 Å². The van der Waals surface area contributed by atoms with Crippen LogP contribution in [0.2, 0.25) is 0 Å². The molecule has 5 heteroatoms. The molecule has 28 heavy (non-hydrogen) atoms. The molecule has 2 atom stereocenters. The third-order valence-electron chi connectivity index (χ3n) is 5.99. The fourth-order valence-electron chi connectivity index (χ4n) is 4.63. The molecule has 1 aliphatic heterocycles. The molecular weight excluding hydrogens is 416 g/mol. The van der Waals surface area contributed by atoms with Gasteiger partial charge >= 0.3 is 6.09 Å². The van der Waals surface area contributed by atoms with Gasteiger partial charge in [-0.1, -0.05) is 58.4 Å². The zero-order valence-electron chi connectivity index (χ0n) is 15.8. The van der Waals surface area contributed by atoms with E-state index in [-0.39, 0.29) is 18.1 Å². The number of carbonyl (C=O) groups is 1. The van der Waals surface area contributed by atoms with Gasteiger partial charge in [0, 0.05) is 28.2 Å². The molecule has 2 N–H and O–H groups in total. The van der Waals surface area contributed by atoms with Crippen LogP contribution >= 0.6 is 15.9 Å². The number of alkyl carbamates (subject to hydrolysis) is 1. The van der Waals surface area contributed by atoms with E-state index < -0.39 is 0 Å². The van der Waals surface area contributed by atoms with Gasteiger partial charge in [0.1, 0.15) is 6.61 Å². The molecule has 1 aliphatic carbocycles. The van der Waals surface area contributed by atoms with Gasteiger partial charge in [-0.25, -0.2) is 4.79 Å². The lowest BCUT2D eigenvalue weighted by Crippen LogP contribution is -2.45. The molecule has 0 aromatic heterocycles. The van der Waals surface area contributed by atoms with E-state index in [2.05, 4.69) is 51.3 Å². The second-order valence-electron chi connectivity index (χ2n) is 7.59. The number of hydrogen-bond acceptors (Lipinski definition) is 3. The number of anilines is 1. The van der Waals surface area contributed by atoms with Gasteiger partial charge in [-0.05, 0) is 55.0 Å². The number of ether oxygens (including phenoxy) is 1. The highest BCUT2D eigenvalue weighted by Gasteiger charge is 2.49. The van der Waals surface area contributed by atoms with E-state index >= 15 is 0 Å². The predicted molar refractivity (Wildman–Crippen MR) is 115 cm³/mol. The molecule has 1 amide bonds. The summed E-state index contributed by atoms with van der Waals surface area (Å²) in [6, 6.07) is 16.5. The first-order chi connectivity index (χ1) is 13.6. The van der Waals surface area contributed by atoms with E-state index in [9.17, 15) is 4.79 Å². The molecule has 2 aliphatic rings. The number of amides is 1. The highest BCUT2D eigenvalue weighted by atomic mass is 79.9. The highest BCUT2D eigenvalue weighted by Crippen LogP contribution is 2.53. The van der Waals surface area contributed by atoms with Gasteiger partial charge in [0.25, 0.3) is 0 Å². The van der Waals surface area contributed by atoms with Crippen LogP contribution < -0.4 is 10.6 Å². The molecule has 2 aromatic rings. The van der Waals surface area contributed by atoms with Gasteiger partial charge in [-0.2, -0.15) is 0 Å². The number of nitrogens with one attached hydrogen (secondary N) is 2. The average molecular weight is 441 g/mol. The van der Waals surface area contributed by atoms with Crippen LogP contribution in [0.4, 0.5) is 10.5 Å². The van der Waals surface area contributed by atoms with Crippen molar-refractivity contribution in [2.75, 3.05) is 11.9 Å². The third kappa shape index (κ3) is 3.55. The number of fused-ring (bicyclic) bond motifs is 3. The lowest BCUT2D eigenvalue weighted by molar-refractivity contribution is 0.138. The molecule has 2 unspecified atom stereocenters. The Bertz CT molecular complexity index is 883. The summed E-state index contributed by atoms with van der Waals surface area (Å²) in [5.41, 5.74) is 4.58. The maximum absolute atomic E-state index is 12.2. The standard InChI is InChI=1S/C23H25BrN2O2/c1-16-6-5-9-21-23(16,19-14-18(24)10-11-20(19)26-21)12-13-25-22(27)28-15-17-7-3-2-4-8-17/h2-4,7-8,10-11,14,21,26H,1,5-6,9,12-13,15H2,(H,25,27). The Hall–Kier alpha value is -2.27. The van der Waals surface area contributed by atoms with Crippen LogP contribution in [-0.2, 0) is 16.8 Å². The van der Waals surface area contributed by atoms with E-state index in [0.29, 0.717) is 12.6 Å². The summed E-state index contributed by atoms with van der Waals surface area (Å²) in [7, 11) is 0. The predicted octanol–water partition coefficient (Wildman–Crippen LogP) is 5.54. The van der Waals surface area contributed by atoms with Gasteiger partial charge < -0.3 is 15.4 Å². The van der Waals surface area contributed by atoms with Gasteiger partial charge in [0.2, 0.25) is 0 Å². The Kier molecular flexibility index (Phi) is 5.44. The van der Waals surface area contributed by atoms with Crippen molar-refractivity contribution in [2.24, 2.45) is 0 Å². The van der Waals surface area contributed by atoms with Crippen LogP contribution in [0.3, 0.4) is 0 Å². The van der Waals surface area contributed by atoms with Crippen molar-refractivity contribution in [3.8, 4) is 0 Å². The Morgan fingerprint density at radius 3 is 2.93 bits per heavy atom. The van der Waals surface area contributed by atoms with Crippen molar-refractivity contribution in [3.63, 3.8) is 0 Å². The summed E-state index contributed by atoms with van der Waals surface area (Å²) in [6.45, 7) is 5.27. The van der Waals surface area contributed by atoms with Gasteiger partial charge in [0.05, 0.1) is 0 Å². The minimum absolute atomic E-state index is 0.135. The van der Waals surface area contributed by atoms with Gasteiger partial charge in [-0.3, -0.25) is 0 Å². The molecule has 0 spiro atoms. The van der Waals surface area contributed by atoms with E-state index in [0.717, 1.165) is 35.7 Å². The molecule has 1 heterocycles. The zero-order chi connectivity index (χ0) is 19.6. The minimum Gasteiger partial charge on any atom is -0.445 e. The number of benzene rings is 2. The van der Waals surface area contributed by atoms with Crippen LogP contribution in [0.15, 0.2) is 65.2 Å². The first-order valence-electron chi connectivity index (χ1n) is 9.79. The van der Waals surface area contributed by atoms with Crippen molar-refractivity contribution in [1.29, 1.82) is 0 Å². The molecule has 2 aromatic carbocycles. The van der Waals surface area contributed by atoms with Crippen molar-refractivity contribution in [3.05, 3.63) is 76.3 Å². The SMILES string of the molecule is C=C1CCCC2Nc3ccc(Br)cc3C12CCNC(=O)OCc1ccccc1. The average Bonchev–Trinajstić information content (AvgIpc) is 3.02. The molecule has 1 saturated carbocycles. The molecule has 0 saturated heterocycles. The van der Waals surface area contributed by atoms with E-state index in [1.165, 1.54) is 16.8 Å². The summed E-state index contributed by atoms with van der Waals surface area (Å²) in [5.74, 6) is 0. The number of hydrogen-bond donors (Lipinski definition) is 2. The number of carbonyl (C=O) groups excluding carboxylic acids is 1. The van der Waals surface area contributed by atoms with Crippen molar-refractivity contribution >= 4 is 27.7 Å². The molecule has 4 nitrogen and oxygen atoms in total. The van der Waals surface area contributed by atoms with Crippen LogP contribution in [0.1, 0.15) is 36.8 Å². The van der Waals surface area contributed by atoms with Crippen molar-refractivity contribution in [1.82, 2.24) is 5.32 Å². The van der Waals surface area contributed by atoms with Crippen molar-refractivity contribution in [2.45, 2.75) is 43.7 Å². The van der Waals surface area contributed by atoms with Crippen molar-refractivity contribution < 1.29 is 9.53 Å². The molecule has 4 rings (SSSR count). The lowest BCUT2D eigenvalue weighted by atomic mass is 9.63. The number of rotatable bonds is 5. The second-order valence-corrected chi connectivity index (χ2v) is 8.51. The van der Waals surface area contributed by atoms with Crippen LogP contribution in [-0.4, -0.2) is 18.7 Å². The molecular formula is C23H25BrN2O2. The Morgan fingerprint density at radius 2 is 2.11 bits per heavy atom. The van der Waals surface area contributed by atoms with Crippen LogP contribution in [0, 0.1) is 0 Å². The van der Waals surface area contributed by atoms with Crippen LogP contribution in [0.25, 0.3) is 0 Å². The number of halogens is 1. The summed E-state index contributed by atoms with van der Waals surface area (Å²) in [6.07, 6.45) is 3.73. The normalized spacial score (nSPS) is 22.8. The smallest absolute Gasteiger partial charge is 0.407 e. The maximum Gasteiger partial charge on any atom is 0.407 e. The first-order valence-corrected chi connectivity index (χ1v) is 10.6. The minimum atomic E-state index is -0.376. The van der Waals surface area contributed by atoms with E-state index in [1.54, 1.807) is 0 Å². The molecule has 1 fully saturated rings. The largest absolute Gasteiger partial charge is 0.445 e. The summed E-state index contributed by atoms with van der Waals surface area (Å²) in [5, 5.41) is 6.63. The maximum atomic E-state index is 12.2. The Labute approximate surface area is 174 Å². The monoisotopic (exact) mass is 440 g/mol. The first kappa shape index (κ1) is 19.1. The zero-order valence-corrected chi connectivity index (χ0v) is 17.4. The second kappa shape index (κ2) is 8.00. The fourth-order valence-corrected chi connectivity index (χ4v) is 4.99. The summed E-state index contributed by atoms with van der Waals surface area (Å²) >= 11 is 3.61. The molecule has 0 bridgehead atoms. The topological polar surface area (TPSA) is 50.4 Å². The Balaban J connectivity index is 1.43. The fraction of sp³-hybridized carbons (Fsp3) is 0.348. The summed E-state index contributed by atoms with van der Waals surface area (Å²) in [4.78, 5) is 12.2. The molecule has 0 radical (unpaired) electrons.